The van der Waals surface area contributed by atoms with E-state index in [2.05, 4.69) is 4.90 Å². The maximum Gasteiger partial charge on any atom is 0.221 e. The van der Waals surface area contributed by atoms with Gasteiger partial charge < -0.3 is 9.47 Å². The number of carbonyl (C=O) groups is 1. The molecule has 0 saturated carbocycles. The van der Waals surface area contributed by atoms with Crippen LogP contribution in [0.1, 0.15) is 25.7 Å². The van der Waals surface area contributed by atoms with Crippen LogP contribution in [0.15, 0.2) is 48.5 Å². The maximum absolute atomic E-state index is 10.9. The van der Waals surface area contributed by atoms with E-state index in [0.717, 1.165) is 49.6 Å². The van der Waals surface area contributed by atoms with E-state index in [4.69, 9.17) is 32.7 Å². The van der Waals surface area contributed by atoms with Gasteiger partial charge in [-0.2, -0.15) is 0 Å². The summed E-state index contributed by atoms with van der Waals surface area (Å²) in [4.78, 5) is 13.3. The molecular weight excluding hydrogens is 385 g/mol. The third-order valence-electron chi connectivity index (χ3n) is 4.63. The van der Waals surface area contributed by atoms with E-state index in [1.807, 2.05) is 36.4 Å². The second kappa shape index (κ2) is 9.98. The number of hydrogen-bond acceptors (Lipinski definition) is 4. The molecule has 0 unspecified atom stereocenters. The molecular formula is C21H23Cl2NO3. The first-order valence-electron chi connectivity index (χ1n) is 9.19. The highest BCUT2D eigenvalue weighted by Gasteiger charge is 2.24. The van der Waals surface area contributed by atoms with E-state index in [1.54, 1.807) is 12.1 Å². The van der Waals surface area contributed by atoms with Gasteiger partial charge in [-0.15, -0.1) is 0 Å². The number of likely N-dealkylation sites (tertiary alicyclic amines) is 1. The number of halogens is 2. The van der Waals surface area contributed by atoms with Crippen LogP contribution >= 0.6 is 23.2 Å². The molecule has 144 valence electrons. The molecule has 0 bridgehead atoms. The summed E-state index contributed by atoms with van der Waals surface area (Å²) in [6.45, 7) is 2.59. The van der Waals surface area contributed by atoms with E-state index in [-0.39, 0.29) is 5.24 Å². The topological polar surface area (TPSA) is 38.8 Å². The average Bonchev–Trinajstić information content (AvgIpc) is 3.10. The summed E-state index contributed by atoms with van der Waals surface area (Å²) >= 11 is 11.3. The molecule has 0 spiro atoms. The van der Waals surface area contributed by atoms with Crippen molar-refractivity contribution in [3.63, 3.8) is 0 Å². The third-order valence-corrected chi connectivity index (χ3v) is 5.07. The zero-order valence-corrected chi connectivity index (χ0v) is 16.6. The SMILES string of the molecule is O=C(Cl)CCCN1CCC[C@H]1COc1ccc(Oc2ccc(Cl)cc2)cc1. The smallest absolute Gasteiger partial charge is 0.221 e. The molecule has 0 amide bonds. The third kappa shape index (κ3) is 6.42. The lowest BCUT2D eigenvalue weighted by atomic mass is 10.2. The van der Waals surface area contributed by atoms with Crippen molar-refractivity contribution in [2.24, 2.45) is 0 Å². The van der Waals surface area contributed by atoms with Gasteiger partial charge in [0.25, 0.3) is 0 Å². The van der Waals surface area contributed by atoms with Gasteiger partial charge in [0.1, 0.15) is 23.9 Å². The summed E-state index contributed by atoms with van der Waals surface area (Å²) in [5.74, 6) is 2.31. The van der Waals surface area contributed by atoms with E-state index in [9.17, 15) is 4.79 Å². The van der Waals surface area contributed by atoms with Crippen molar-refractivity contribution in [1.82, 2.24) is 4.90 Å². The summed E-state index contributed by atoms with van der Waals surface area (Å²) in [5.41, 5.74) is 0. The molecule has 1 fully saturated rings. The number of hydrogen-bond donors (Lipinski definition) is 0. The standard InChI is InChI=1S/C21H23Cl2NO3/c22-16-5-7-19(8-6-16)27-20-11-9-18(10-12-20)26-15-17-3-1-13-24(17)14-2-4-21(23)25/h5-12,17H,1-4,13-15H2/t17-/m0/s1. The molecule has 1 aliphatic heterocycles. The number of ether oxygens (including phenoxy) is 2. The lowest BCUT2D eigenvalue weighted by Gasteiger charge is -2.24. The van der Waals surface area contributed by atoms with Crippen molar-refractivity contribution >= 4 is 28.4 Å². The molecule has 3 rings (SSSR count). The number of nitrogens with zero attached hydrogens (tertiary/aromatic N) is 1. The molecule has 0 N–H and O–H groups in total. The fourth-order valence-electron chi connectivity index (χ4n) is 3.23. The zero-order valence-electron chi connectivity index (χ0n) is 15.1. The molecule has 2 aromatic carbocycles. The van der Waals surface area contributed by atoms with Gasteiger partial charge in [-0.3, -0.25) is 9.69 Å². The molecule has 1 heterocycles. The van der Waals surface area contributed by atoms with Gasteiger partial charge in [-0.25, -0.2) is 0 Å². The molecule has 2 aromatic rings. The Balaban J connectivity index is 1.46. The number of carbonyl (C=O) groups excluding carboxylic acids is 1. The fourth-order valence-corrected chi connectivity index (χ4v) is 3.49. The highest BCUT2D eigenvalue weighted by molar-refractivity contribution is 6.63. The van der Waals surface area contributed by atoms with Gasteiger partial charge >= 0.3 is 0 Å². The van der Waals surface area contributed by atoms with Crippen molar-refractivity contribution in [2.45, 2.75) is 31.7 Å². The summed E-state index contributed by atoms with van der Waals surface area (Å²) in [7, 11) is 0. The molecule has 6 heteroatoms. The Hall–Kier alpha value is -1.75. The maximum atomic E-state index is 10.9. The van der Waals surface area contributed by atoms with E-state index >= 15 is 0 Å². The van der Waals surface area contributed by atoms with Crippen molar-refractivity contribution in [3.05, 3.63) is 53.6 Å². The Morgan fingerprint density at radius 1 is 1.04 bits per heavy atom. The van der Waals surface area contributed by atoms with E-state index < -0.39 is 0 Å². The van der Waals surface area contributed by atoms with Crippen molar-refractivity contribution in [1.29, 1.82) is 0 Å². The lowest BCUT2D eigenvalue weighted by Crippen LogP contribution is -2.35. The monoisotopic (exact) mass is 407 g/mol. The van der Waals surface area contributed by atoms with E-state index in [0.29, 0.717) is 24.1 Å². The highest BCUT2D eigenvalue weighted by atomic mass is 35.5. The zero-order chi connectivity index (χ0) is 19.1. The Morgan fingerprint density at radius 3 is 2.33 bits per heavy atom. The minimum Gasteiger partial charge on any atom is -0.492 e. The average molecular weight is 408 g/mol. The first-order valence-corrected chi connectivity index (χ1v) is 9.94. The van der Waals surface area contributed by atoms with Crippen LogP contribution in [-0.2, 0) is 4.79 Å². The predicted molar refractivity (Wildman–Crippen MR) is 108 cm³/mol. The van der Waals surface area contributed by atoms with Crippen molar-refractivity contribution in [3.8, 4) is 17.2 Å². The molecule has 4 nitrogen and oxygen atoms in total. The minimum absolute atomic E-state index is 0.261. The first-order chi connectivity index (χ1) is 13.1. The Morgan fingerprint density at radius 2 is 1.67 bits per heavy atom. The quantitative estimate of drug-likeness (QED) is 0.512. The largest absolute Gasteiger partial charge is 0.492 e. The number of rotatable bonds is 9. The van der Waals surface area contributed by atoms with Crippen molar-refractivity contribution < 1.29 is 14.3 Å². The normalized spacial score (nSPS) is 17.0. The van der Waals surface area contributed by atoms with Gasteiger partial charge in [0.15, 0.2) is 0 Å². The fraction of sp³-hybridized carbons (Fsp3) is 0.381. The van der Waals surface area contributed by atoms with Gasteiger partial charge in [-0.1, -0.05) is 11.6 Å². The van der Waals surface area contributed by atoms with Crippen molar-refractivity contribution in [2.75, 3.05) is 19.7 Å². The first kappa shape index (κ1) is 20.0. The van der Waals surface area contributed by atoms with Crippen LogP contribution in [0.4, 0.5) is 0 Å². The van der Waals surface area contributed by atoms with Gasteiger partial charge in [0.2, 0.25) is 5.24 Å². The molecule has 1 atom stereocenters. The molecule has 0 aromatic heterocycles. The van der Waals surface area contributed by atoms with Gasteiger partial charge in [0.05, 0.1) is 0 Å². The summed E-state index contributed by atoms with van der Waals surface area (Å²) in [6.07, 6.45) is 3.51. The second-order valence-electron chi connectivity index (χ2n) is 6.63. The lowest BCUT2D eigenvalue weighted by molar-refractivity contribution is -0.111. The van der Waals surface area contributed by atoms with Gasteiger partial charge in [0, 0.05) is 17.5 Å². The van der Waals surface area contributed by atoms with Crippen LogP contribution in [0.5, 0.6) is 17.2 Å². The molecule has 0 aliphatic carbocycles. The Kier molecular flexibility index (Phi) is 7.39. The van der Waals surface area contributed by atoms with Crippen LogP contribution in [0.3, 0.4) is 0 Å². The Bertz CT molecular complexity index is 734. The van der Waals surface area contributed by atoms with Crippen LogP contribution in [0, 0.1) is 0 Å². The van der Waals surface area contributed by atoms with E-state index in [1.165, 1.54) is 0 Å². The molecule has 1 saturated heterocycles. The summed E-state index contributed by atoms with van der Waals surface area (Å²) in [6, 6.07) is 15.3. The predicted octanol–water partition coefficient (Wildman–Crippen LogP) is 5.52. The molecule has 27 heavy (non-hydrogen) atoms. The summed E-state index contributed by atoms with van der Waals surface area (Å²) in [5, 5.41) is 0.421. The van der Waals surface area contributed by atoms with Crippen LogP contribution in [0.2, 0.25) is 5.02 Å². The Labute approximate surface area is 170 Å². The molecule has 0 radical (unpaired) electrons. The number of benzene rings is 2. The summed E-state index contributed by atoms with van der Waals surface area (Å²) < 4.78 is 11.7. The second-order valence-corrected chi connectivity index (χ2v) is 7.49. The van der Waals surface area contributed by atoms with Crippen LogP contribution in [0.25, 0.3) is 0 Å². The van der Waals surface area contributed by atoms with Gasteiger partial charge in [-0.05, 0) is 92.5 Å². The highest BCUT2D eigenvalue weighted by Crippen LogP contribution is 2.26. The van der Waals surface area contributed by atoms with Crippen LogP contribution in [-0.4, -0.2) is 35.9 Å². The molecule has 1 aliphatic rings. The minimum atomic E-state index is -0.261. The van der Waals surface area contributed by atoms with Crippen LogP contribution < -0.4 is 9.47 Å².